The summed E-state index contributed by atoms with van der Waals surface area (Å²) in [6.45, 7) is 0.494. The van der Waals surface area contributed by atoms with Crippen LogP contribution < -0.4 is 5.32 Å². The maximum absolute atomic E-state index is 13.8. The molecule has 9 heteroatoms. The number of anilines is 1. The van der Waals surface area contributed by atoms with Crippen molar-refractivity contribution in [3.63, 3.8) is 0 Å². The summed E-state index contributed by atoms with van der Waals surface area (Å²) < 4.78 is 42.9. The van der Waals surface area contributed by atoms with Crippen LogP contribution in [0.2, 0.25) is 0 Å². The summed E-state index contributed by atoms with van der Waals surface area (Å²) in [5.41, 5.74) is 1.59. The van der Waals surface area contributed by atoms with Crippen LogP contribution in [0, 0.1) is 5.82 Å². The Kier molecular flexibility index (Phi) is 4.86. The maximum Gasteiger partial charge on any atom is 0.262 e. The van der Waals surface area contributed by atoms with Crippen LogP contribution in [0.25, 0.3) is 0 Å². The number of nitrogens with one attached hydrogen (secondary N) is 1. The van der Waals surface area contributed by atoms with Crippen molar-refractivity contribution >= 4 is 15.7 Å². The Balaban J connectivity index is 1.66. The lowest BCUT2D eigenvalue weighted by Gasteiger charge is -2.21. The molecule has 1 aliphatic heterocycles. The minimum atomic E-state index is -3.74. The zero-order valence-corrected chi connectivity index (χ0v) is 16.1. The molecule has 7 nitrogen and oxygen atoms in total. The Morgan fingerprint density at radius 3 is 2.64 bits per heavy atom. The molecule has 0 amide bonds. The summed E-state index contributed by atoms with van der Waals surface area (Å²) in [4.78, 5) is 8.00. The third-order valence-corrected chi connectivity index (χ3v) is 6.60. The number of rotatable bonds is 5. The molecule has 1 fully saturated rings. The largest absolute Gasteiger partial charge is 0.380 e. The number of pyridine rings is 1. The summed E-state index contributed by atoms with van der Waals surface area (Å²) in [5.74, 6) is -0.548. The molecule has 4 rings (SSSR count). The molecular formula is C19H20FN5O2S. The normalized spacial score (nSPS) is 20.4. The second-order valence-corrected chi connectivity index (χ2v) is 8.73. The van der Waals surface area contributed by atoms with Gasteiger partial charge in [0.05, 0.1) is 6.33 Å². The monoisotopic (exact) mass is 401 g/mol. The predicted octanol–water partition coefficient (Wildman–Crippen LogP) is 2.22. The van der Waals surface area contributed by atoms with Crippen LogP contribution in [-0.2, 0) is 17.1 Å². The standard InChI is InChI=1S/C19H20FN5O2S/c1-24-12-19(22-13-24)28(26,27)25-10-17(14-3-2-4-15(20)9-14)18(11-25)23-16-5-7-21-8-6-16/h2-9,12-13,17-18H,10-11H2,1H3,(H,21,23)/t17-,18+/m1/s1. The minimum Gasteiger partial charge on any atom is -0.380 e. The van der Waals surface area contributed by atoms with Crippen LogP contribution >= 0.6 is 0 Å². The van der Waals surface area contributed by atoms with Crippen LogP contribution in [0.15, 0.2) is 66.3 Å². The lowest BCUT2D eigenvalue weighted by Crippen LogP contribution is -2.32. The molecule has 146 valence electrons. The molecule has 0 saturated carbocycles. The summed E-state index contributed by atoms with van der Waals surface area (Å²) in [6, 6.07) is 9.73. The molecule has 0 radical (unpaired) electrons. The fraction of sp³-hybridized carbons (Fsp3) is 0.263. The van der Waals surface area contributed by atoms with Crippen LogP contribution in [0.1, 0.15) is 11.5 Å². The molecule has 1 saturated heterocycles. The van der Waals surface area contributed by atoms with E-state index in [9.17, 15) is 12.8 Å². The van der Waals surface area contributed by atoms with Crippen molar-refractivity contribution in [2.45, 2.75) is 17.0 Å². The summed E-state index contributed by atoms with van der Waals surface area (Å²) in [7, 11) is -2.02. The zero-order chi connectivity index (χ0) is 19.7. The van der Waals surface area contributed by atoms with Crippen LogP contribution in [0.5, 0.6) is 0 Å². The predicted molar refractivity (Wildman–Crippen MR) is 103 cm³/mol. The third kappa shape index (κ3) is 3.63. The van der Waals surface area contributed by atoms with Gasteiger partial charge in [-0.3, -0.25) is 4.98 Å². The van der Waals surface area contributed by atoms with Crippen molar-refractivity contribution < 1.29 is 12.8 Å². The Bertz CT molecular complexity index is 1070. The van der Waals surface area contributed by atoms with Gasteiger partial charge in [0.15, 0.2) is 5.03 Å². The number of benzene rings is 1. The first-order chi connectivity index (χ1) is 13.4. The number of imidazole rings is 1. The van der Waals surface area contributed by atoms with E-state index in [0.717, 1.165) is 11.3 Å². The molecule has 3 aromatic rings. The van der Waals surface area contributed by atoms with Gasteiger partial charge in [-0.05, 0) is 29.8 Å². The Hall–Kier alpha value is -2.78. The highest BCUT2D eigenvalue weighted by molar-refractivity contribution is 7.89. The molecule has 0 aliphatic carbocycles. The lowest BCUT2D eigenvalue weighted by atomic mass is 9.94. The van der Waals surface area contributed by atoms with E-state index in [0.29, 0.717) is 0 Å². The highest BCUT2D eigenvalue weighted by Crippen LogP contribution is 2.33. The van der Waals surface area contributed by atoms with Gasteiger partial charge in [0.2, 0.25) is 0 Å². The van der Waals surface area contributed by atoms with Gasteiger partial charge in [0.25, 0.3) is 10.0 Å². The first-order valence-electron chi connectivity index (χ1n) is 8.83. The number of halogens is 1. The fourth-order valence-corrected chi connectivity index (χ4v) is 4.96. The molecule has 0 spiro atoms. The molecule has 2 atom stereocenters. The Labute approximate surface area is 162 Å². The molecular weight excluding hydrogens is 381 g/mol. The van der Waals surface area contributed by atoms with Gasteiger partial charge in [0.1, 0.15) is 5.82 Å². The van der Waals surface area contributed by atoms with E-state index in [1.165, 1.54) is 29.0 Å². The van der Waals surface area contributed by atoms with E-state index in [1.54, 1.807) is 30.1 Å². The van der Waals surface area contributed by atoms with Crippen molar-refractivity contribution in [3.8, 4) is 0 Å². The van der Waals surface area contributed by atoms with Crippen LogP contribution in [0.4, 0.5) is 10.1 Å². The topological polar surface area (TPSA) is 80.1 Å². The van der Waals surface area contributed by atoms with E-state index in [1.807, 2.05) is 18.2 Å². The molecule has 1 N–H and O–H groups in total. The van der Waals surface area contributed by atoms with Gasteiger partial charge in [0, 0.05) is 56.4 Å². The van der Waals surface area contributed by atoms with E-state index < -0.39 is 10.0 Å². The van der Waals surface area contributed by atoms with Gasteiger partial charge in [-0.2, -0.15) is 4.31 Å². The number of aromatic nitrogens is 3. The van der Waals surface area contributed by atoms with Gasteiger partial charge < -0.3 is 9.88 Å². The average Bonchev–Trinajstić information content (AvgIpc) is 3.30. The lowest BCUT2D eigenvalue weighted by molar-refractivity contribution is 0.468. The van der Waals surface area contributed by atoms with Crippen LogP contribution in [0.3, 0.4) is 0 Å². The highest BCUT2D eigenvalue weighted by Gasteiger charge is 2.41. The number of sulfonamides is 1. The van der Waals surface area contributed by atoms with Crippen molar-refractivity contribution in [3.05, 3.63) is 72.7 Å². The Morgan fingerprint density at radius 2 is 1.96 bits per heavy atom. The van der Waals surface area contributed by atoms with Crippen LogP contribution in [-0.4, -0.2) is 46.4 Å². The Morgan fingerprint density at radius 1 is 1.18 bits per heavy atom. The minimum absolute atomic E-state index is 0.0116. The van der Waals surface area contributed by atoms with E-state index in [4.69, 9.17) is 0 Å². The highest BCUT2D eigenvalue weighted by atomic mass is 32.2. The molecule has 0 bridgehead atoms. The smallest absolute Gasteiger partial charge is 0.262 e. The van der Waals surface area contributed by atoms with Gasteiger partial charge in [-0.15, -0.1) is 0 Å². The molecule has 1 aliphatic rings. The summed E-state index contributed by atoms with van der Waals surface area (Å²) in [6.07, 6.45) is 6.27. The molecule has 1 aromatic carbocycles. The van der Waals surface area contributed by atoms with Crippen molar-refractivity contribution in [1.29, 1.82) is 0 Å². The van der Waals surface area contributed by atoms with Crippen molar-refractivity contribution in [1.82, 2.24) is 18.8 Å². The number of nitrogens with zero attached hydrogens (tertiary/aromatic N) is 4. The second kappa shape index (κ2) is 7.33. The van der Waals surface area contributed by atoms with Gasteiger partial charge >= 0.3 is 0 Å². The molecule has 3 heterocycles. The van der Waals surface area contributed by atoms with E-state index >= 15 is 0 Å². The SMILES string of the molecule is Cn1cnc(S(=O)(=O)N2C[C@H](Nc3ccncc3)[C@@H](c3cccc(F)c3)C2)c1. The molecule has 28 heavy (non-hydrogen) atoms. The van der Waals surface area contributed by atoms with E-state index in [-0.39, 0.29) is 35.9 Å². The third-order valence-electron chi connectivity index (χ3n) is 4.88. The molecule has 0 unspecified atom stereocenters. The average molecular weight is 401 g/mol. The fourth-order valence-electron chi connectivity index (χ4n) is 3.50. The first-order valence-corrected chi connectivity index (χ1v) is 10.3. The van der Waals surface area contributed by atoms with Crippen molar-refractivity contribution in [2.24, 2.45) is 7.05 Å². The first kappa shape index (κ1) is 18.6. The summed E-state index contributed by atoms with van der Waals surface area (Å²) in [5, 5.41) is 3.39. The van der Waals surface area contributed by atoms with Gasteiger partial charge in [-0.1, -0.05) is 12.1 Å². The van der Waals surface area contributed by atoms with Crippen molar-refractivity contribution in [2.75, 3.05) is 18.4 Å². The second-order valence-electron chi connectivity index (χ2n) is 6.85. The maximum atomic E-state index is 13.8. The van der Waals surface area contributed by atoms with E-state index in [2.05, 4.69) is 15.3 Å². The zero-order valence-electron chi connectivity index (χ0n) is 15.2. The van der Waals surface area contributed by atoms with Gasteiger partial charge in [-0.25, -0.2) is 17.8 Å². The quantitative estimate of drug-likeness (QED) is 0.709. The number of hydrogen-bond acceptors (Lipinski definition) is 5. The number of aryl methyl sites for hydroxylation is 1. The molecule has 2 aromatic heterocycles. The summed E-state index contributed by atoms with van der Waals surface area (Å²) >= 11 is 0. The number of hydrogen-bond donors (Lipinski definition) is 1.